The zero-order valence-electron chi connectivity index (χ0n) is 21.6. The van der Waals surface area contributed by atoms with Gasteiger partial charge in [0.15, 0.2) is 0 Å². The fourth-order valence-electron chi connectivity index (χ4n) is 3.94. The number of anilines is 1. The number of benzene rings is 2. The Kier molecular flexibility index (Phi) is 11.4. The van der Waals surface area contributed by atoms with E-state index in [1.165, 1.54) is 18.2 Å². The van der Waals surface area contributed by atoms with Gasteiger partial charge in [-0.25, -0.2) is 0 Å². The highest BCUT2D eigenvalue weighted by atomic mass is 35.5. The summed E-state index contributed by atoms with van der Waals surface area (Å²) in [6.07, 6.45) is 3.70. The number of carbonyl (C=O) groups is 2. The average Bonchev–Trinajstić information content (AvgIpc) is 2.93. The zero-order chi connectivity index (χ0) is 26.5. The lowest BCUT2D eigenvalue weighted by atomic mass is 10.1. The minimum absolute atomic E-state index is 0.00569. The quantitative estimate of drug-likeness (QED) is 0.436. The molecule has 1 fully saturated rings. The summed E-state index contributed by atoms with van der Waals surface area (Å²) in [5.74, 6) is 0.521. The third kappa shape index (κ3) is 10.2. The van der Waals surface area contributed by atoms with Crippen molar-refractivity contribution in [2.75, 3.05) is 31.1 Å². The first-order valence-electron chi connectivity index (χ1n) is 12.5. The van der Waals surface area contributed by atoms with E-state index in [0.29, 0.717) is 19.0 Å². The maximum atomic E-state index is 11.0. The van der Waals surface area contributed by atoms with E-state index in [1.807, 2.05) is 36.7 Å². The van der Waals surface area contributed by atoms with Crippen LogP contribution in [0.5, 0.6) is 0 Å². The Balaban J connectivity index is 0.000000248. The van der Waals surface area contributed by atoms with Gasteiger partial charge in [0.25, 0.3) is 0 Å². The second kappa shape index (κ2) is 15.0. The lowest BCUT2D eigenvalue weighted by molar-refractivity contribution is -0.120. The lowest BCUT2D eigenvalue weighted by Crippen LogP contribution is -2.45. The summed E-state index contributed by atoms with van der Waals surface area (Å²) >= 11 is 5.64. The first-order valence-corrected chi connectivity index (χ1v) is 13.0. The highest BCUT2D eigenvalue weighted by Gasteiger charge is 2.17. The topological polar surface area (TPSA) is 77.6 Å². The largest absolute Gasteiger partial charge is 0.369 e. The highest BCUT2D eigenvalue weighted by molar-refractivity contribution is 6.17. The second-order valence-corrected chi connectivity index (χ2v) is 9.32. The minimum atomic E-state index is -0.0126. The number of rotatable bonds is 8. The molecule has 3 aromatic rings. The van der Waals surface area contributed by atoms with Gasteiger partial charge in [0, 0.05) is 83.6 Å². The minimum Gasteiger partial charge on any atom is -0.369 e. The Morgan fingerprint density at radius 1 is 0.730 bits per heavy atom. The smallest absolute Gasteiger partial charge is 0.217 e. The number of aromatic nitrogens is 1. The summed E-state index contributed by atoms with van der Waals surface area (Å²) in [5.41, 5.74) is 5.89. The summed E-state index contributed by atoms with van der Waals surface area (Å²) in [7, 11) is 0. The Morgan fingerprint density at radius 3 is 1.65 bits per heavy atom. The van der Waals surface area contributed by atoms with Crippen LogP contribution in [0.2, 0.25) is 0 Å². The molecular formula is C29H36ClN5O2. The average molecular weight is 522 g/mol. The summed E-state index contributed by atoms with van der Waals surface area (Å²) in [6.45, 7) is 9.43. The first kappa shape index (κ1) is 28.2. The number of pyridine rings is 1. The van der Waals surface area contributed by atoms with E-state index in [-0.39, 0.29) is 11.8 Å². The molecule has 0 unspecified atom stereocenters. The fourth-order valence-corrected chi connectivity index (χ4v) is 4.12. The van der Waals surface area contributed by atoms with Crippen molar-refractivity contribution in [1.82, 2.24) is 20.5 Å². The Morgan fingerprint density at radius 2 is 1.19 bits per heavy atom. The van der Waals surface area contributed by atoms with Crippen LogP contribution >= 0.6 is 11.6 Å². The molecule has 4 rings (SSSR count). The van der Waals surface area contributed by atoms with Crippen LogP contribution in [-0.2, 0) is 35.1 Å². The molecule has 2 aromatic carbocycles. The molecule has 0 spiro atoms. The lowest BCUT2D eigenvalue weighted by Gasteiger charge is -2.36. The van der Waals surface area contributed by atoms with Crippen LogP contribution in [0, 0.1) is 0 Å². The number of carbonyl (C=O) groups excluding carboxylic acids is 2. The number of hydrogen-bond acceptors (Lipinski definition) is 5. The van der Waals surface area contributed by atoms with Crippen LogP contribution in [-0.4, -0.2) is 47.9 Å². The Hall–Kier alpha value is -3.42. The molecule has 0 saturated carbocycles. The fraction of sp³-hybridized carbons (Fsp3) is 0.345. The third-order valence-corrected chi connectivity index (χ3v) is 6.40. The van der Waals surface area contributed by atoms with E-state index in [0.717, 1.165) is 49.4 Å². The number of nitrogens with one attached hydrogen (secondary N) is 2. The van der Waals surface area contributed by atoms with Crippen molar-refractivity contribution in [2.45, 2.75) is 39.4 Å². The van der Waals surface area contributed by atoms with Crippen molar-refractivity contribution in [3.05, 3.63) is 95.3 Å². The second-order valence-electron chi connectivity index (χ2n) is 9.05. The molecule has 37 heavy (non-hydrogen) atoms. The van der Waals surface area contributed by atoms with Crippen LogP contribution in [0.4, 0.5) is 5.69 Å². The number of amides is 2. The molecule has 196 valence electrons. The van der Waals surface area contributed by atoms with Gasteiger partial charge in [-0.1, -0.05) is 48.5 Å². The molecule has 2 N–H and O–H groups in total. The molecule has 2 amide bonds. The van der Waals surface area contributed by atoms with Crippen LogP contribution in [0.15, 0.2) is 73.1 Å². The van der Waals surface area contributed by atoms with E-state index < -0.39 is 0 Å². The van der Waals surface area contributed by atoms with Gasteiger partial charge >= 0.3 is 0 Å². The summed E-state index contributed by atoms with van der Waals surface area (Å²) < 4.78 is 0. The molecule has 0 bridgehead atoms. The highest BCUT2D eigenvalue weighted by Crippen LogP contribution is 2.16. The van der Waals surface area contributed by atoms with E-state index in [9.17, 15) is 9.59 Å². The number of piperazine rings is 1. The summed E-state index contributed by atoms with van der Waals surface area (Å²) in [5, 5.41) is 5.55. The van der Waals surface area contributed by atoms with Gasteiger partial charge in [-0.05, 0) is 34.4 Å². The molecule has 2 heterocycles. The van der Waals surface area contributed by atoms with E-state index in [2.05, 4.69) is 61.8 Å². The molecule has 1 aliphatic heterocycles. The molecule has 8 heteroatoms. The van der Waals surface area contributed by atoms with Gasteiger partial charge in [-0.3, -0.25) is 19.5 Å². The predicted octanol–water partition coefficient (Wildman–Crippen LogP) is 4.10. The molecule has 0 atom stereocenters. The van der Waals surface area contributed by atoms with E-state index >= 15 is 0 Å². The maximum Gasteiger partial charge on any atom is 0.217 e. The zero-order valence-corrected chi connectivity index (χ0v) is 22.4. The van der Waals surface area contributed by atoms with Crippen molar-refractivity contribution in [2.24, 2.45) is 0 Å². The van der Waals surface area contributed by atoms with E-state index in [4.69, 9.17) is 11.6 Å². The van der Waals surface area contributed by atoms with Gasteiger partial charge < -0.3 is 15.5 Å². The monoisotopic (exact) mass is 521 g/mol. The molecular weight excluding hydrogens is 486 g/mol. The number of halogens is 1. The van der Waals surface area contributed by atoms with Crippen LogP contribution in [0.3, 0.4) is 0 Å². The maximum absolute atomic E-state index is 11.0. The van der Waals surface area contributed by atoms with E-state index in [1.54, 1.807) is 6.92 Å². The van der Waals surface area contributed by atoms with Crippen LogP contribution in [0.1, 0.15) is 36.1 Å². The van der Waals surface area contributed by atoms with Gasteiger partial charge in [0.1, 0.15) is 0 Å². The van der Waals surface area contributed by atoms with Crippen molar-refractivity contribution in [3.8, 4) is 0 Å². The number of alkyl halides is 1. The van der Waals surface area contributed by atoms with Gasteiger partial charge in [-0.15, -0.1) is 11.6 Å². The number of nitrogens with zero attached hydrogens (tertiary/aromatic N) is 3. The normalized spacial score (nSPS) is 13.3. The SMILES string of the molecule is CC(=O)NCc1ccc(CCl)cc1.CC(=O)NCc1ccc(CN2CCN(c3ccncc3)CC2)cc1. The Labute approximate surface area is 224 Å². The van der Waals surface area contributed by atoms with Crippen molar-refractivity contribution in [3.63, 3.8) is 0 Å². The standard InChI is InChI=1S/C19H24N4O.C10H12ClNO/c1-16(24)21-14-17-2-4-18(5-3-17)15-22-10-12-23(13-11-22)19-6-8-20-9-7-19;1-8(13)12-7-10-4-2-9(6-11)3-5-10/h2-9H,10-15H2,1H3,(H,21,24);2-5H,6-7H2,1H3,(H,12,13). The molecule has 0 aliphatic carbocycles. The van der Waals surface area contributed by atoms with Gasteiger partial charge in [0.2, 0.25) is 11.8 Å². The number of hydrogen-bond donors (Lipinski definition) is 2. The predicted molar refractivity (Wildman–Crippen MR) is 149 cm³/mol. The van der Waals surface area contributed by atoms with Crippen LogP contribution < -0.4 is 15.5 Å². The Bertz CT molecular complexity index is 1100. The first-order chi connectivity index (χ1) is 17.9. The van der Waals surface area contributed by atoms with Gasteiger partial charge in [0.05, 0.1) is 0 Å². The molecule has 0 radical (unpaired) electrons. The molecule has 1 aromatic heterocycles. The summed E-state index contributed by atoms with van der Waals surface area (Å²) in [6, 6.07) is 20.5. The summed E-state index contributed by atoms with van der Waals surface area (Å²) in [4.78, 5) is 30.5. The van der Waals surface area contributed by atoms with Crippen molar-refractivity contribution < 1.29 is 9.59 Å². The molecule has 1 aliphatic rings. The third-order valence-electron chi connectivity index (χ3n) is 6.09. The van der Waals surface area contributed by atoms with Crippen molar-refractivity contribution in [1.29, 1.82) is 0 Å². The van der Waals surface area contributed by atoms with Crippen LogP contribution in [0.25, 0.3) is 0 Å². The molecule has 1 saturated heterocycles. The van der Waals surface area contributed by atoms with Crippen molar-refractivity contribution >= 4 is 29.1 Å². The molecule has 7 nitrogen and oxygen atoms in total. The van der Waals surface area contributed by atoms with Gasteiger partial charge in [-0.2, -0.15) is 0 Å².